The fraction of sp³-hybridized carbons (Fsp3) is 0.389. The molecule has 1 saturated heterocycles. The van der Waals surface area contributed by atoms with Gasteiger partial charge in [0.2, 0.25) is 0 Å². The predicted molar refractivity (Wildman–Crippen MR) is 92.0 cm³/mol. The molecule has 0 N–H and O–H groups in total. The number of hydrogen-bond donors (Lipinski definition) is 0. The standard InChI is InChI=1S/C18H21N5O/c1-12-10-13(2)23(20-12)15-7-9-22(11-15)18(24)16-5-4-14-6-8-21(3)17(14)19-16/h4-6,8,10,15H,7,9,11H2,1-3H3. The van der Waals surface area contributed by atoms with Gasteiger partial charge >= 0.3 is 0 Å². The Bertz CT molecular complexity index is 923. The normalized spacial score (nSPS) is 17.8. The average molecular weight is 323 g/mol. The number of nitrogens with zero attached hydrogens (tertiary/aromatic N) is 5. The van der Waals surface area contributed by atoms with Crippen LogP contribution in [0.2, 0.25) is 0 Å². The van der Waals surface area contributed by atoms with Gasteiger partial charge in [-0.25, -0.2) is 4.98 Å². The van der Waals surface area contributed by atoms with Crippen LogP contribution in [0.5, 0.6) is 0 Å². The molecule has 0 aromatic carbocycles. The molecule has 24 heavy (non-hydrogen) atoms. The molecule has 0 radical (unpaired) electrons. The molecule has 1 atom stereocenters. The number of aromatic nitrogens is 4. The number of carbonyl (C=O) groups excluding carboxylic acids is 1. The van der Waals surface area contributed by atoms with Crippen LogP contribution in [0.15, 0.2) is 30.5 Å². The van der Waals surface area contributed by atoms with Crippen molar-refractivity contribution in [2.45, 2.75) is 26.3 Å². The van der Waals surface area contributed by atoms with Crippen molar-refractivity contribution < 1.29 is 4.79 Å². The lowest BCUT2D eigenvalue weighted by atomic mass is 10.2. The second kappa shape index (κ2) is 5.47. The van der Waals surface area contributed by atoms with Crippen molar-refractivity contribution >= 4 is 16.9 Å². The van der Waals surface area contributed by atoms with E-state index in [9.17, 15) is 4.79 Å². The summed E-state index contributed by atoms with van der Waals surface area (Å²) in [6.45, 7) is 5.50. The molecule has 0 aliphatic carbocycles. The van der Waals surface area contributed by atoms with Gasteiger partial charge in [-0.2, -0.15) is 5.10 Å². The summed E-state index contributed by atoms with van der Waals surface area (Å²) in [5.74, 6) is 0.00197. The fourth-order valence-corrected chi connectivity index (χ4v) is 3.56. The largest absolute Gasteiger partial charge is 0.336 e. The Labute approximate surface area is 140 Å². The van der Waals surface area contributed by atoms with Crippen molar-refractivity contribution in [3.05, 3.63) is 47.5 Å². The van der Waals surface area contributed by atoms with E-state index in [1.807, 2.05) is 47.8 Å². The molecule has 0 bridgehead atoms. The van der Waals surface area contributed by atoms with Crippen LogP contribution in [-0.2, 0) is 7.05 Å². The third kappa shape index (κ3) is 2.38. The van der Waals surface area contributed by atoms with Gasteiger partial charge in [0.25, 0.3) is 5.91 Å². The number of rotatable bonds is 2. The van der Waals surface area contributed by atoms with Gasteiger partial charge in [-0.3, -0.25) is 9.48 Å². The first-order valence-corrected chi connectivity index (χ1v) is 8.27. The SMILES string of the molecule is Cc1cc(C)n(C2CCN(C(=O)c3ccc4ccn(C)c4n3)C2)n1. The monoisotopic (exact) mass is 323 g/mol. The maximum atomic E-state index is 12.8. The summed E-state index contributed by atoms with van der Waals surface area (Å²) < 4.78 is 3.99. The zero-order valence-electron chi connectivity index (χ0n) is 14.2. The molecule has 0 spiro atoms. The number of amides is 1. The van der Waals surface area contributed by atoms with E-state index in [1.54, 1.807) is 0 Å². The van der Waals surface area contributed by atoms with Gasteiger partial charge in [0.15, 0.2) is 0 Å². The zero-order chi connectivity index (χ0) is 16.8. The summed E-state index contributed by atoms with van der Waals surface area (Å²) in [6, 6.07) is 8.12. The van der Waals surface area contributed by atoms with Crippen molar-refractivity contribution in [1.29, 1.82) is 0 Å². The fourth-order valence-electron chi connectivity index (χ4n) is 3.56. The highest BCUT2D eigenvalue weighted by atomic mass is 16.2. The second-order valence-electron chi connectivity index (χ2n) is 6.60. The highest BCUT2D eigenvalue weighted by Gasteiger charge is 2.30. The minimum atomic E-state index is 0.00197. The Balaban J connectivity index is 1.56. The Morgan fingerprint density at radius 1 is 1.25 bits per heavy atom. The van der Waals surface area contributed by atoms with Crippen molar-refractivity contribution in [3.63, 3.8) is 0 Å². The number of fused-ring (bicyclic) bond motifs is 1. The molecule has 6 nitrogen and oxygen atoms in total. The van der Waals surface area contributed by atoms with Gasteiger partial charge < -0.3 is 9.47 Å². The van der Waals surface area contributed by atoms with Crippen LogP contribution in [-0.4, -0.2) is 43.2 Å². The molecule has 1 unspecified atom stereocenters. The zero-order valence-corrected chi connectivity index (χ0v) is 14.2. The molecule has 1 aliphatic heterocycles. The Hall–Kier alpha value is -2.63. The van der Waals surface area contributed by atoms with Crippen LogP contribution in [0.4, 0.5) is 0 Å². The molecule has 1 aliphatic rings. The molecule has 1 fully saturated rings. The van der Waals surface area contributed by atoms with Crippen molar-refractivity contribution in [2.24, 2.45) is 7.05 Å². The molecule has 1 amide bonds. The topological polar surface area (TPSA) is 56.0 Å². The molecule has 4 heterocycles. The molecule has 6 heteroatoms. The van der Waals surface area contributed by atoms with Gasteiger partial charge in [-0.15, -0.1) is 0 Å². The maximum absolute atomic E-state index is 12.8. The van der Waals surface area contributed by atoms with E-state index >= 15 is 0 Å². The highest BCUT2D eigenvalue weighted by Crippen LogP contribution is 2.24. The molecular formula is C18H21N5O. The Morgan fingerprint density at radius 2 is 2.08 bits per heavy atom. The van der Waals surface area contributed by atoms with Gasteiger partial charge in [-0.1, -0.05) is 0 Å². The van der Waals surface area contributed by atoms with Gasteiger partial charge in [0, 0.05) is 37.4 Å². The Kier molecular flexibility index (Phi) is 3.40. The number of carbonyl (C=O) groups is 1. The third-order valence-electron chi connectivity index (χ3n) is 4.78. The van der Waals surface area contributed by atoms with Crippen molar-refractivity contribution in [3.8, 4) is 0 Å². The van der Waals surface area contributed by atoms with E-state index in [0.29, 0.717) is 12.2 Å². The summed E-state index contributed by atoms with van der Waals surface area (Å²) in [5.41, 5.74) is 3.52. The van der Waals surface area contributed by atoms with Crippen molar-refractivity contribution in [2.75, 3.05) is 13.1 Å². The van der Waals surface area contributed by atoms with E-state index in [2.05, 4.69) is 27.8 Å². The van der Waals surface area contributed by atoms with Crippen LogP contribution in [0.1, 0.15) is 34.3 Å². The molecule has 0 saturated carbocycles. The van der Waals surface area contributed by atoms with Crippen molar-refractivity contribution in [1.82, 2.24) is 24.2 Å². The van der Waals surface area contributed by atoms with E-state index in [1.165, 1.54) is 0 Å². The first kappa shape index (κ1) is 14.9. The van der Waals surface area contributed by atoms with Crippen LogP contribution in [0, 0.1) is 13.8 Å². The molecule has 124 valence electrons. The third-order valence-corrected chi connectivity index (χ3v) is 4.78. The smallest absolute Gasteiger partial charge is 0.272 e. The van der Waals surface area contributed by atoms with Crippen LogP contribution in [0.25, 0.3) is 11.0 Å². The number of hydrogen-bond acceptors (Lipinski definition) is 3. The first-order chi connectivity index (χ1) is 11.5. The minimum Gasteiger partial charge on any atom is -0.336 e. The number of pyridine rings is 1. The van der Waals surface area contributed by atoms with E-state index in [-0.39, 0.29) is 11.9 Å². The number of aryl methyl sites for hydroxylation is 3. The average Bonchev–Trinajstić information content (AvgIpc) is 3.26. The predicted octanol–water partition coefficient (Wildman–Crippen LogP) is 2.47. The lowest BCUT2D eigenvalue weighted by Gasteiger charge is -2.17. The second-order valence-corrected chi connectivity index (χ2v) is 6.60. The number of likely N-dealkylation sites (tertiary alicyclic amines) is 1. The lowest BCUT2D eigenvalue weighted by Crippen LogP contribution is -2.30. The lowest BCUT2D eigenvalue weighted by molar-refractivity contribution is 0.0781. The Morgan fingerprint density at radius 3 is 2.83 bits per heavy atom. The maximum Gasteiger partial charge on any atom is 0.272 e. The summed E-state index contributed by atoms with van der Waals surface area (Å²) in [5, 5.41) is 5.62. The van der Waals surface area contributed by atoms with Gasteiger partial charge in [-0.05, 0) is 44.5 Å². The summed E-state index contributed by atoms with van der Waals surface area (Å²) in [6.07, 6.45) is 2.89. The van der Waals surface area contributed by atoms with Crippen LogP contribution in [0.3, 0.4) is 0 Å². The van der Waals surface area contributed by atoms with E-state index in [4.69, 9.17) is 0 Å². The van der Waals surface area contributed by atoms with E-state index < -0.39 is 0 Å². The van der Waals surface area contributed by atoms with E-state index in [0.717, 1.165) is 35.4 Å². The highest BCUT2D eigenvalue weighted by molar-refractivity contribution is 5.94. The molecule has 3 aromatic heterocycles. The summed E-state index contributed by atoms with van der Waals surface area (Å²) in [7, 11) is 1.94. The minimum absolute atomic E-state index is 0.00197. The molecule has 3 aromatic rings. The quantitative estimate of drug-likeness (QED) is 0.728. The van der Waals surface area contributed by atoms with Crippen LogP contribution < -0.4 is 0 Å². The van der Waals surface area contributed by atoms with Crippen LogP contribution >= 0.6 is 0 Å². The van der Waals surface area contributed by atoms with Gasteiger partial charge in [0.1, 0.15) is 11.3 Å². The molecule has 4 rings (SSSR count). The summed E-state index contributed by atoms with van der Waals surface area (Å²) >= 11 is 0. The first-order valence-electron chi connectivity index (χ1n) is 8.27. The molecular weight excluding hydrogens is 302 g/mol. The van der Waals surface area contributed by atoms with Gasteiger partial charge in [0.05, 0.1) is 11.7 Å². The summed E-state index contributed by atoms with van der Waals surface area (Å²) in [4.78, 5) is 19.3.